The largest absolute Gasteiger partial charge is 0.477 e. The van der Waals surface area contributed by atoms with Crippen molar-refractivity contribution in [3.63, 3.8) is 0 Å². The Hall–Kier alpha value is -2.97. The van der Waals surface area contributed by atoms with Crippen molar-refractivity contribution in [2.75, 3.05) is 41.0 Å². The van der Waals surface area contributed by atoms with Gasteiger partial charge in [-0.25, -0.2) is 4.79 Å². The molecule has 0 aliphatic heterocycles. The van der Waals surface area contributed by atoms with Crippen LogP contribution in [0.15, 0.2) is 60.8 Å². The summed E-state index contributed by atoms with van der Waals surface area (Å²) in [4.78, 5) is 37.2. The Kier molecular flexibility index (Phi) is 48.2. The van der Waals surface area contributed by atoms with E-state index in [2.05, 4.69) is 74.6 Å². The zero-order valence-corrected chi connectivity index (χ0v) is 45.1. The van der Waals surface area contributed by atoms with Crippen LogP contribution in [0.1, 0.15) is 251 Å². The van der Waals surface area contributed by atoms with Crippen LogP contribution in [0.5, 0.6) is 0 Å². The highest BCUT2D eigenvalue weighted by Gasteiger charge is 2.31. The topological polar surface area (TPSA) is 99.1 Å². The number of esters is 2. The van der Waals surface area contributed by atoms with Gasteiger partial charge < -0.3 is 23.8 Å². The number of quaternary nitrogens is 1. The van der Waals surface area contributed by atoms with E-state index in [4.69, 9.17) is 14.2 Å². The molecule has 2 atom stereocenters. The van der Waals surface area contributed by atoms with E-state index >= 15 is 0 Å². The number of carboxylic acid groups (broad SMARTS) is 1. The molecule has 2 unspecified atom stereocenters. The first-order valence-corrected chi connectivity index (χ1v) is 28.3. The van der Waals surface area contributed by atoms with Gasteiger partial charge in [0.1, 0.15) is 6.61 Å². The van der Waals surface area contributed by atoms with E-state index in [1.807, 2.05) is 21.1 Å². The predicted octanol–water partition coefficient (Wildman–Crippen LogP) is 16.9. The van der Waals surface area contributed by atoms with Crippen molar-refractivity contribution in [3.05, 3.63) is 60.8 Å². The molecular formula is C60H108NO7+. The number of carbonyl (C=O) groups is 3. The molecule has 0 bridgehead atoms. The molecule has 0 spiro atoms. The maximum absolute atomic E-state index is 12.8. The quantitative estimate of drug-likeness (QED) is 0.0281. The van der Waals surface area contributed by atoms with E-state index in [0.29, 0.717) is 19.3 Å². The van der Waals surface area contributed by atoms with Gasteiger partial charge in [0.15, 0.2) is 12.1 Å². The fraction of sp³-hybridized carbons (Fsp3) is 0.783. The van der Waals surface area contributed by atoms with Gasteiger partial charge in [0.2, 0.25) is 0 Å². The summed E-state index contributed by atoms with van der Waals surface area (Å²) < 4.78 is 17.4. The second-order valence-corrected chi connectivity index (χ2v) is 20.2. The highest BCUT2D eigenvalue weighted by Crippen LogP contribution is 2.17. The minimum Gasteiger partial charge on any atom is -0.477 e. The fourth-order valence-electron chi connectivity index (χ4n) is 8.29. The summed E-state index contributed by atoms with van der Waals surface area (Å²) in [6.07, 6.45) is 64.3. The van der Waals surface area contributed by atoms with Crippen molar-refractivity contribution in [2.45, 2.75) is 264 Å². The zero-order chi connectivity index (χ0) is 49.9. The van der Waals surface area contributed by atoms with Crippen LogP contribution < -0.4 is 0 Å². The van der Waals surface area contributed by atoms with Crippen LogP contribution in [0.4, 0.5) is 0 Å². The van der Waals surface area contributed by atoms with E-state index < -0.39 is 18.1 Å². The molecule has 0 aliphatic carbocycles. The second kappa shape index (κ2) is 50.4. The molecule has 0 amide bonds. The minimum atomic E-state index is -0.879. The van der Waals surface area contributed by atoms with Crippen LogP contribution in [0.2, 0.25) is 0 Å². The number of hydrogen-bond acceptors (Lipinski definition) is 6. The highest BCUT2D eigenvalue weighted by molar-refractivity contribution is 5.72. The van der Waals surface area contributed by atoms with Crippen molar-refractivity contribution >= 4 is 17.9 Å². The van der Waals surface area contributed by atoms with E-state index in [9.17, 15) is 19.5 Å². The maximum Gasteiger partial charge on any atom is 0.362 e. The SMILES string of the molecule is CCCCC/C=C/C/C=C/C/C=C/C/C=C/C/C=C/CCCCC(=O)OCC(COCCC(C(=O)O)[N+](C)(C)C)OC(=O)CCCCCCCCCCCCCCCCCCCCCCCCC. The first-order chi connectivity index (χ1) is 33.1. The molecule has 0 aromatic heterocycles. The smallest absolute Gasteiger partial charge is 0.362 e. The summed E-state index contributed by atoms with van der Waals surface area (Å²) in [5, 5.41) is 9.67. The third-order valence-electron chi connectivity index (χ3n) is 12.7. The molecule has 8 nitrogen and oxygen atoms in total. The Balaban J connectivity index is 4.24. The Labute approximate surface area is 419 Å². The molecule has 0 rings (SSSR count). The van der Waals surface area contributed by atoms with Crippen molar-refractivity contribution in [1.29, 1.82) is 0 Å². The van der Waals surface area contributed by atoms with Crippen LogP contribution in [0.3, 0.4) is 0 Å². The summed E-state index contributed by atoms with van der Waals surface area (Å²) in [6, 6.07) is -0.623. The number of unbranched alkanes of at least 4 members (excludes halogenated alkanes) is 27. The number of allylic oxidation sites excluding steroid dienone is 10. The average molecular weight is 956 g/mol. The number of likely N-dealkylation sites (N-methyl/N-ethyl adjacent to an activating group) is 1. The minimum absolute atomic E-state index is 0.0478. The van der Waals surface area contributed by atoms with Gasteiger partial charge in [-0.2, -0.15) is 0 Å². The van der Waals surface area contributed by atoms with Gasteiger partial charge in [-0.05, 0) is 64.2 Å². The normalized spacial score (nSPS) is 13.2. The van der Waals surface area contributed by atoms with Gasteiger partial charge in [-0.1, -0.05) is 229 Å². The van der Waals surface area contributed by atoms with Crippen LogP contribution in [-0.2, 0) is 28.6 Å². The third kappa shape index (κ3) is 48.1. The lowest BCUT2D eigenvalue weighted by Gasteiger charge is -2.31. The van der Waals surface area contributed by atoms with Gasteiger partial charge in [0, 0.05) is 19.3 Å². The summed E-state index contributed by atoms with van der Waals surface area (Å²) in [5.74, 6) is -1.51. The van der Waals surface area contributed by atoms with Crippen molar-refractivity contribution in [2.24, 2.45) is 0 Å². The lowest BCUT2D eigenvalue weighted by Crippen LogP contribution is -2.50. The average Bonchev–Trinajstić information content (AvgIpc) is 3.30. The van der Waals surface area contributed by atoms with Gasteiger partial charge >= 0.3 is 17.9 Å². The molecule has 0 aromatic carbocycles. The van der Waals surface area contributed by atoms with E-state index in [0.717, 1.165) is 64.2 Å². The first kappa shape index (κ1) is 65.0. The lowest BCUT2D eigenvalue weighted by molar-refractivity contribution is -0.887. The van der Waals surface area contributed by atoms with Crippen molar-refractivity contribution < 1.29 is 38.2 Å². The molecule has 0 aromatic rings. The molecule has 394 valence electrons. The standard InChI is InChI=1S/C60H107NO7/c1-6-8-10-12-14-16-18-20-22-24-26-28-29-31-33-35-37-39-41-43-45-47-49-51-59(63)68-56(54-66-53-52-57(60(64)65)61(3,4)5)55-67-58(62)50-48-46-44-42-40-38-36-34-32-30-27-25-23-21-19-17-15-13-11-9-7-2/h15,17,21,23,27,30,34,36,40,42,56-57H,6-14,16,18-20,22,24-26,28-29,31-33,35,37-39,41,43-55H2,1-5H3/p+1/b17-15+,23-21+,30-27+,36-34+,42-40+. The number of nitrogens with zero attached hydrogens (tertiary/aromatic N) is 1. The molecule has 68 heavy (non-hydrogen) atoms. The van der Waals surface area contributed by atoms with E-state index in [-0.39, 0.29) is 36.2 Å². The van der Waals surface area contributed by atoms with Gasteiger partial charge in [0.05, 0.1) is 34.4 Å². The van der Waals surface area contributed by atoms with Gasteiger partial charge in [-0.3, -0.25) is 9.59 Å². The van der Waals surface area contributed by atoms with E-state index in [1.54, 1.807) is 0 Å². The molecule has 0 fully saturated rings. The molecule has 0 heterocycles. The molecule has 0 saturated heterocycles. The molecule has 0 radical (unpaired) electrons. The first-order valence-electron chi connectivity index (χ1n) is 28.3. The van der Waals surface area contributed by atoms with Crippen LogP contribution in [-0.4, -0.2) is 80.6 Å². The van der Waals surface area contributed by atoms with Crippen LogP contribution >= 0.6 is 0 Å². The number of hydrogen-bond donors (Lipinski definition) is 1. The summed E-state index contributed by atoms with van der Waals surface area (Å²) in [6.45, 7) is 4.70. The lowest BCUT2D eigenvalue weighted by atomic mass is 10.0. The monoisotopic (exact) mass is 955 g/mol. The summed E-state index contributed by atoms with van der Waals surface area (Å²) >= 11 is 0. The zero-order valence-electron chi connectivity index (χ0n) is 45.1. The fourth-order valence-corrected chi connectivity index (χ4v) is 8.29. The Morgan fingerprint density at radius 1 is 0.441 bits per heavy atom. The molecule has 0 aliphatic rings. The number of carbonyl (C=O) groups excluding carboxylic acids is 2. The number of carboxylic acids is 1. The van der Waals surface area contributed by atoms with Gasteiger partial charge in [-0.15, -0.1) is 0 Å². The second-order valence-electron chi connectivity index (χ2n) is 20.2. The number of aliphatic carboxylic acids is 1. The van der Waals surface area contributed by atoms with Crippen molar-refractivity contribution in [1.82, 2.24) is 0 Å². The van der Waals surface area contributed by atoms with Gasteiger partial charge in [0.25, 0.3) is 0 Å². The van der Waals surface area contributed by atoms with Crippen molar-refractivity contribution in [3.8, 4) is 0 Å². The molecule has 8 heteroatoms. The number of ether oxygens (including phenoxy) is 3. The predicted molar refractivity (Wildman–Crippen MR) is 289 cm³/mol. The number of rotatable bonds is 51. The maximum atomic E-state index is 12.8. The molecule has 0 saturated carbocycles. The Morgan fingerprint density at radius 3 is 1.18 bits per heavy atom. The molecule has 1 N–H and O–H groups in total. The highest BCUT2D eigenvalue weighted by atomic mass is 16.6. The molecular weight excluding hydrogens is 847 g/mol. The van der Waals surface area contributed by atoms with E-state index in [1.165, 1.54) is 154 Å². The third-order valence-corrected chi connectivity index (χ3v) is 12.7. The Morgan fingerprint density at radius 2 is 0.779 bits per heavy atom. The summed E-state index contributed by atoms with van der Waals surface area (Å²) in [7, 11) is 5.53. The van der Waals surface area contributed by atoms with Crippen LogP contribution in [0.25, 0.3) is 0 Å². The summed E-state index contributed by atoms with van der Waals surface area (Å²) in [5.41, 5.74) is 0. The van der Waals surface area contributed by atoms with Crippen LogP contribution in [0, 0.1) is 0 Å². The Bertz CT molecular complexity index is 1290.